The van der Waals surface area contributed by atoms with Crippen LogP contribution in [0.1, 0.15) is 29.8 Å². The van der Waals surface area contributed by atoms with Gasteiger partial charge in [0, 0.05) is 22.0 Å². The number of carbonyl (C=O) groups excluding carboxylic acids is 1. The molecule has 0 spiro atoms. The SMILES string of the molecule is Cc1ccc(C(=O)NC(CBr)C(C)C)cc1Cl. The molecule has 1 atom stereocenters. The van der Waals surface area contributed by atoms with Crippen molar-refractivity contribution in [2.45, 2.75) is 26.8 Å². The Bertz CT molecular complexity index is 406. The van der Waals surface area contributed by atoms with Crippen molar-refractivity contribution in [2.75, 3.05) is 5.33 Å². The van der Waals surface area contributed by atoms with Crippen LogP contribution in [0.25, 0.3) is 0 Å². The summed E-state index contributed by atoms with van der Waals surface area (Å²) in [5.41, 5.74) is 1.58. The maximum absolute atomic E-state index is 12.0. The lowest BCUT2D eigenvalue weighted by Gasteiger charge is -2.20. The Morgan fingerprint density at radius 1 is 1.47 bits per heavy atom. The van der Waals surface area contributed by atoms with Gasteiger partial charge in [0.25, 0.3) is 5.91 Å². The van der Waals surface area contributed by atoms with Gasteiger partial charge in [-0.05, 0) is 30.5 Å². The van der Waals surface area contributed by atoms with Crippen LogP contribution in [0.5, 0.6) is 0 Å². The van der Waals surface area contributed by atoms with E-state index in [4.69, 9.17) is 11.6 Å². The van der Waals surface area contributed by atoms with E-state index in [1.165, 1.54) is 0 Å². The minimum atomic E-state index is -0.0787. The van der Waals surface area contributed by atoms with Crippen molar-refractivity contribution in [3.05, 3.63) is 34.3 Å². The second-order valence-corrected chi connectivity index (χ2v) is 5.50. The Kier molecular flexibility index (Phi) is 5.47. The molecule has 0 saturated heterocycles. The van der Waals surface area contributed by atoms with E-state index in [1.807, 2.05) is 13.0 Å². The van der Waals surface area contributed by atoms with E-state index in [1.54, 1.807) is 12.1 Å². The zero-order chi connectivity index (χ0) is 13.0. The number of aryl methyl sites for hydroxylation is 1. The first kappa shape index (κ1) is 14.5. The van der Waals surface area contributed by atoms with E-state index in [-0.39, 0.29) is 11.9 Å². The second kappa shape index (κ2) is 6.41. The fraction of sp³-hybridized carbons (Fsp3) is 0.462. The standard InChI is InChI=1S/C13H17BrClNO/c1-8(2)12(7-14)16-13(17)10-5-4-9(3)11(15)6-10/h4-6,8,12H,7H2,1-3H3,(H,16,17). The fourth-order valence-corrected chi connectivity index (χ4v) is 2.46. The van der Waals surface area contributed by atoms with Crippen LogP contribution in [0, 0.1) is 12.8 Å². The highest BCUT2D eigenvalue weighted by molar-refractivity contribution is 9.09. The number of hydrogen-bond donors (Lipinski definition) is 1. The van der Waals surface area contributed by atoms with Crippen LogP contribution in [0.3, 0.4) is 0 Å². The smallest absolute Gasteiger partial charge is 0.251 e. The van der Waals surface area contributed by atoms with Gasteiger partial charge < -0.3 is 5.32 Å². The van der Waals surface area contributed by atoms with Crippen LogP contribution in [0.2, 0.25) is 5.02 Å². The molecule has 4 heteroatoms. The fourth-order valence-electron chi connectivity index (χ4n) is 1.37. The van der Waals surface area contributed by atoms with Crippen LogP contribution in [0.15, 0.2) is 18.2 Å². The average Bonchev–Trinajstić information content (AvgIpc) is 2.28. The van der Waals surface area contributed by atoms with Crippen molar-refractivity contribution in [1.82, 2.24) is 5.32 Å². The van der Waals surface area contributed by atoms with E-state index in [9.17, 15) is 4.79 Å². The normalized spacial score (nSPS) is 12.6. The van der Waals surface area contributed by atoms with Crippen molar-refractivity contribution >= 4 is 33.4 Å². The molecule has 1 amide bonds. The number of benzene rings is 1. The van der Waals surface area contributed by atoms with Gasteiger partial charge in [-0.1, -0.05) is 47.4 Å². The van der Waals surface area contributed by atoms with Crippen LogP contribution < -0.4 is 5.32 Å². The predicted molar refractivity (Wildman–Crippen MR) is 76.1 cm³/mol. The number of alkyl halides is 1. The number of halogens is 2. The third-order valence-electron chi connectivity index (χ3n) is 2.72. The Balaban J connectivity index is 2.79. The van der Waals surface area contributed by atoms with Gasteiger partial charge in [-0.2, -0.15) is 0 Å². The summed E-state index contributed by atoms with van der Waals surface area (Å²) >= 11 is 9.40. The molecule has 0 heterocycles. The van der Waals surface area contributed by atoms with Gasteiger partial charge in [-0.15, -0.1) is 0 Å². The van der Waals surface area contributed by atoms with Crippen LogP contribution >= 0.6 is 27.5 Å². The summed E-state index contributed by atoms with van der Waals surface area (Å²) in [6, 6.07) is 5.48. The molecule has 94 valence electrons. The molecular formula is C13H17BrClNO. The van der Waals surface area contributed by atoms with Crippen LogP contribution in [-0.2, 0) is 0 Å². The first-order valence-corrected chi connectivity index (χ1v) is 7.08. The molecule has 0 aliphatic rings. The summed E-state index contributed by atoms with van der Waals surface area (Å²) in [7, 11) is 0. The molecule has 1 N–H and O–H groups in total. The lowest BCUT2D eigenvalue weighted by Crippen LogP contribution is -2.39. The second-order valence-electron chi connectivity index (χ2n) is 4.44. The summed E-state index contributed by atoms with van der Waals surface area (Å²) < 4.78 is 0. The van der Waals surface area contributed by atoms with E-state index in [2.05, 4.69) is 35.1 Å². The number of hydrogen-bond acceptors (Lipinski definition) is 1. The molecular weight excluding hydrogens is 302 g/mol. The van der Waals surface area contributed by atoms with Gasteiger partial charge in [0.05, 0.1) is 0 Å². The lowest BCUT2D eigenvalue weighted by atomic mass is 10.1. The molecule has 0 fully saturated rings. The zero-order valence-electron chi connectivity index (χ0n) is 10.3. The van der Waals surface area contributed by atoms with Crippen molar-refractivity contribution < 1.29 is 4.79 Å². The molecule has 1 aromatic carbocycles. The van der Waals surface area contributed by atoms with Gasteiger partial charge in [0.2, 0.25) is 0 Å². The van der Waals surface area contributed by atoms with E-state index >= 15 is 0 Å². The maximum Gasteiger partial charge on any atom is 0.251 e. The Morgan fingerprint density at radius 2 is 2.12 bits per heavy atom. The Labute approximate surface area is 116 Å². The summed E-state index contributed by atoms with van der Waals surface area (Å²) in [5, 5.41) is 4.35. The molecule has 0 bridgehead atoms. The molecule has 17 heavy (non-hydrogen) atoms. The highest BCUT2D eigenvalue weighted by atomic mass is 79.9. The lowest BCUT2D eigenvalue weighted by molar-refractivity contribution is 0.0932. The van der Waals surface area contributed by atoms with Gasteiger partial charge in [-0.25, -0.2) is 0 Å². The first-order valence-electron chi connectivity index (χ1n) is 5.58. The molecule has 0 saturated carbocycles. The van der Waals surface area contributed by atoms with Gasteiger partial charge >= 0.3 is 0 Å². The summed E-state index contributed by atoms with van der Waals surface area (Å²) in [6.45, 7) is 6.07. The van der Waals surface area contributed by atoms with Gasteiger partial charge in [0.1, 0.15) is 0 Å². The van der Waals surface area contributed by atoms with Gasteiger partial charge in [-0.3, -0.25) is 4.79 Å². The van der Waals surface area contributed by atoms with Crippen molar-refractivity contribution in [2.24, 2.45) is 5.92 Å². The average molecular weight is 319 g/mol. The third kappa shape index (κ3) is 4.00. The number of carbonyl (C=O) groups is 1. The predicted octanol–water partition coefficient (Wildman–Crippen LogP) is 3.80. The van der Waals surface area contributed by atoms with E-state index in [0.717, 1.165) is 10.9 Å². The number of amides is 1. The van der Waals surface area contributed by atoms with Crippen molar-refractivity contribution in [3.63, 3.8) is 0 Å². The molecule has 1 aromatic rings. The largest absolute Gasteiger partial charge is 0.348 e. The van der Waals surface area contributed by atoms with Gasteiger partial charge in [0.15, 0.2) is 0 Å². The highest BCUT2D eigenvalue weighted by Gasteiger charge is 2.16. The Hall–Kier alpha value is -0.540. The minimum absolute atomic E-state index is 0.0787. The molecule has 0 aromatic heterocycles. The molecule has 1 rings (SSSR count). The molecule has 1 unspecified atom stereocenters. The summed E-state index contributed by atoms with van der Waals surface area (Å²) in [5.74, 6) is 0.310. The number of nitrogens with one attached hydrogen (secondary N) is 1. The minimum Gasteiger partial charge on any atom is -0.348 e. The molecule has 0 aliphatic heterocycles. The highest BCUT2D eigenvalue weighted by Crippen LogP contribution is 2.17. The quantitative estimate of drug-likeness (QED) is 0.841. The summed E-state index contributed by atoms with van der Waals surface area (Å²) in [6.07, 6.45) is 0. The van der Waals surface area contributed by atoms with E-state index < -0.39 is 0 Å². The zero-order valence-corrected chi connectivity index (χ0v) is 12.6. The number of rotatable bonds is 4. The third-order valence-corrected chi connectivity index (χ3v) is 3.83. The maximum atomic E-state index is 12.0. The van der Waals surface area contributed by atoms with Crippen molar-refractivity contribution in [1.29, 1.82) is 0 Å². The van der Waals surface area contributed by atoms with E-state index in [0.29, 0.717) is 16.5 Å². The first-order chi connectivity index (χ1) is 7.95. The Morgan fingerprint density at radius 3 is 2.59 bits per heavy atom. The van der Waals surface area contributed by atoms with Crippen LogP contribution in [-0.4, -0.2) is 17.3 Å². The molecule has 0 aliphatic carbocycles. The molecule has 2 nitrogen and oxygen atoms in total. The topological polar surface area (TPSA) is 29.1 Å². The van der Waals surface area contributed by atoms with Crippen LogP contribution in [0.4, 0.5) is 0 Å². The summed E-state index contributed by atoms with van der Waals surface area (Å²) in [4.78, 5) is 12.0. The monoisotopic (exact) mass is 317 g/mol. The molecule has 0 radical (unpaired) electrons. The van der Waals surface area contributed by atoms with Crippen molar-refractivity contribution in [3.8, 4) is 0 Å².